The monoisotopic (exact) mass is 400 g/mol. The molecule has 5 nitrogen and oxygen atoms in total. The Morgan fingerprint density at radius 1 is 1.08 bits per heavy atom. The number of hydrogen-bond donors (Lipinski definition) is 1. The van der Waals surface area contributed by atoms with E-state index in [1.54, 1.807) is 12.1 Å². The molecule has 24 heavy (non-hydrogen) atoms. The summed E-state index contributed by atoms with van der Waals surface area (Å²) in [6.07, 6.45) is 0.890. The van der Waals surface area contributed by atoms with Crippen molar-refractivity contribution < 1.29 is 12.6 Å². The Balaban J connectivity index is 2.17. The lowest BCUT2D eigenvalue weighted by molar-refractivity contribution is 0.604. The number of rotatable bonds is 5. The number of halogens is 2. The molecule has 124 valence electrons. The number of nitriles is 1. The molecular formula is C15H10Cl2N2O3S2. The molecule has 2 aromatic rings. The van der Waals surface area contributed by atoms with Gasteiger partial charge in [0.2, 0.25) is 9.84 Å². The van der Waals surface area contributed by atoms with Gasteiger partial charge in [0.1, 0.15) is 11.0 Å². The molecule has 0 fully saturated rings. The molecule has 0 saturated carbocycles. The lowest BCUT2D eigenvalue weighted by Crippen LogP contribution is -2.05. The van der Waals surface area contributed by atoms with Crippen LogP contribution in [-0.2, 0) is 20.8 Å². The van der Waals surface area contributed by atoms with E-state index < -0.39 is 20.8 Å². The molecule has 0 amide bonds. The number of nitrogens with zero attached hydrogens (tertiary/aromatic N) is 1. The molecule has 0 aliphatic carbocycles. The first-order valence-corrected chi connectivity index (χ1v) is 9.83. The number of benzene rings is 2. The first kappa shape index (κ1) is 18.5. The van der Waals surface area contributed by atoms with Crippen molar-refractivity contribution >= 4 is 49.7 Å². The zero-order valence-corrected chi connectivity index (χ0v) is 15.1. The van der Waals surface area contributed by atoms with E-state index in [9.17, 15) is 12.6 Å². The Labute approximate surface area is 152 Å². The van der Waals surface area contributed by atoms with Crippen LogP contribution in [0.25, 0.3) is 0 Å². The van der Waals surface area contributed by atoms with Crippen molar-refractivity contribution in [1.29, 1.82) is 5.26 Å². The molecule has 0 radical (unpaired) electrons. The predicted molar refractivity (Wildman–Crippen MR) is 94.9 cm³/mol. The number of anilines is 1. The predicted octanol–water partition coefficient (Wildman–Crippen LogP) is 3.94. The van der Waals surface area contributed by atoms with E-state index in [-0.39, 0.29) is 9.92 Å². The molecule has 1 unspecified atom stereocenters. The Kier molecular flexibility index (Phi) is 6.02. The maximum absolute atomic E-state index is 12.2. The molecule has 1 atom stereocenters. The van der Waals surface area contributed by atoms with Crippen molar-refractivity contribution in [3.8, 4) is 6.07 Å². The Hall–Kier alpha value is -1.85. The van der Waals surface area contributed by atoms with Crippen LogP contribution in [0.1, 0.15) is 0 Å². The molecule has 2 aromatic carbocycles. The molecule has 1 N–H and O–H groups in total. The molecule has 0 heterocycles. The second kappa shape index (κ2) is 7.81. The molecule has 0 spiro atoms. The third-order valence-corrected chi connectivity index (χ3v) is 6.09. The van der Waals surface area contributed by atoms with Crippen molar-refractivity contribution in [2.24, 2.45) is 0 Å². The summed E-state index contributed by atoms with van der Waals surface area (Å²) in [5.41, 5.74) is 0.461. The summed E-state index contributed by atoms with van der Waals surface area (Å²) >= 11 is 11.7. The van der Waals surface area contributed by atoms with Gasteiger partial charge in [-0.1, -0.05) is 23.2 Å². The summed E-state index contributed by atoms with van der Waals surface area (Å²) in [6, 6.07) is 11.9. The van der Waals surface area contributed by atoms with Gasteiger partial charge in [-0.3, -0.25) is 0 Å². The van der Waals surface area contributed by atoms with E-state index in [2.05, 4.69) is 4.72 Å². The summed E-state index contributed by atoms with van der Waals surface area (Å²) in [4.78, 5) is 0.456. The minimum absolute atomic E-state index is 0.0277. The van der Waals surface area contributed by atoms with Gasteiger partial charge in [-0.05, 0) is 42.5 Å². The molecular weight excluding hydrogens is 391 g/mol. The van der Waals surface area contributed by atoms with E-state index in [1.165, 1.54) is 36.4 Å². The van der Waals surface area contributed by atoms with Crippen LogP contribution in [0.2, 0.25) is 10.0 Å². The summed E-state index contributed by atoms with van der Waals surface area (Å²) in [6.45, 7) is 0. The van der Waals surface area contributed by atoms with Crippen molar-refractivity contribution in [1.82, 2.24) is 0 Å². The second-order valence-corrected chi connectivity index (χ2v) is 8.31. The second-order valence-electron chi connectivity index (χ2n) is 4.45. The minimum atomic E-state index is -3.67. The van der Waals surface area contributed by atoms with Crippen molar-refractivity contribution in [3.63, 3.8) is 0 Å². The fourth-order valence-electron chi connectivity index (χ4n) is 1.67. The van der Waals surface area contributed by atoms with Gasteiger partial charge in [0, 0.05) is 17.2 Å². The normalized spacial score (nSPS) is 12.7. The molecule has 0 saturated heterocycles. The molecule has 2 rings (SSSR count). The van der Waals surface area contributed by atoms with Crippen LogP contribution in [0.5, 0.6) is 0 Å². The molecule has 9 heteroatoms. The fraction of sp³-hybridized carbons (Fsp3) is 0. The van der Waals surface area contributed by atoms with E-state index in [0.717, 1.165) is 11.5 Å². The van der Waals surface area contributed by atoms with Crippen LogP contribution < -0.4 is 4.72 Å². The first-order chi connectivity index (χ1) is 11.3. The maximum Gasteiger partial charge on any atom is 0.200 e. The highest BCUT2D eigenvalue weighted by atomic mass is 35.5. The zero-order chi connectivity index (χ0) is 17.7. The summed E-state index contributed by atoms with van der Waals surface area (Å²) < 4.78 is 38.7. The summed E-state index contributed by atoms with van der Waals surface area (Å²) in [5.74, 6) is 0. The lowest BCUT2D eigenvalue weighted by atomic mass is 10.3. The number of allylic oxidation sites excluding steroid dienone is 1. The van der Waals surface area contributed by atoms with Crippen LogP contribution in [-0.4, -0.2) is 12.6 Å². The highest BCUT2D eigenvalue weighted by molar-refractivity contribution is 7.94. The Bertz CT molecular complexity index is 950. The smallest absolute Gasteiger partial charge is 0.200 e. The van der Waals surface area contributed by atoms with Gasteiger partial charge in [-0.2, -0.15) is 5.26 Å². The highest BCUT2D eigenvalue weighted by Crippen LogP contribution is 2.25. The number of hydrogen-bond acceptors (Lipinski definition) is 4. The maximum atomic E-state index is 12.2. The van der Waals surface area contributed by atoms with Crippen LogP contribution >= 0.6 is 23.2 Å². The molecule has 0 aliphatic rings. The quantitative estimate of drug-likeness (QED) is 0.769. The topological polar surface area (TPSA) is 87.0 Å². The third kappa shape index (κ3) is 4.58. The largest absolute Gasteiger partial charge is 0.301 e. The van der Waals surface area contributed by atoms with Gasteiger partial charge < -0.3 is 4.72 Å². The third-order valence-electron chi connectivity index (χ3n) is 2.82. The zero-order valence-electron chi connectivity index (χ0n) is 11.9. The SMILES string of the molecule is N#CC=CS(=O)(=O)c1ccc(NS(=O)c2ccc(Cl)c(Cl)c2)cc1. The Morgan fingerprint density at radius 2 is 1.75 bits per heavy atom. The molecule has 0 bridgehead atoms. The van der Waals surface area contributed by atoms with Crippen molar-refractivity contribution in [2.45, 2.75) is 9.79 Å². The van der Waals surface area contributed by atoms with Gasteiger partial charge >= 0.3 is 0 Å². The van der Waals surface area contributed by atoms with Crippen LogP contribution in [0.4, 0.5) is 5.69 Å². The first-order valence-electron chi connectivity index (χ1n) is 6.38. The Morgan fingerprint density at radius 3 is 2.33 bits per heavy atom. The fourth-order valence-corrected chi connectivity index (χ4v) is 3.83. The van der Waals surface area contributed by atoms with E-state index in [1.807, 2.05) is 0 Å². The molecule has 0 aromatic heterocycles. The minimum Gasteiger partial charge on any atom is -0.301 e. The summed E-state index contributed by atoms with van der Waals surface area (Å²) in [5, 5.41) is 9.87. The molecule has 0 aliphatic heterocycles. The van der Waals surface area contributed by atoms with E-state index in [4.69, 9.17) is 28.5 Å². The average Bonchev–Trinajstić information content (AvgIpc) is 2.56. The average molecular weight is 401 g/mol. The van der Waals surface area contributed by atoms with Crippen LogP contribution in [0.3, 0.4) is 0 Å². The van der Waals surface area contributed by atoms with Crippen molar-refractivity contribution in [2.75, 3.05) is 4.72 Å². The lowest BCUT2D eigenvalue weighted by Gasteiger charge is -2.07. The van der Waals surface area contributed by atoms with Gasteiger partial charge in [-0.15, -0.1) is 0 Å². The van der Waals surface area contributed by atoms with Gasteiger partial charge in [-0.25, -0.2) is 12.6 Å². The van der Waals surface area contributed by atoms with Crippen molar-refractivity contribution in [3.05, 3.63) is 64.0 Å². The van der Waals surface area contributed by atoms with E-state index in [0.29, 0.717) is 15.6 Å². The summed E-state index contributed by atoms with van der Waals surface area (Å²) in [7, 11) is -5.25. The van der Waals surface area contributed by atoms with Gasteiger partial charge in [0.05, 0.1) is 25.9 Å². The van der Waals surface area contributed by atoms with Gasteiger partial charge in [0.25, 0.3) is 0 Å². The standard InChI is InChI=1S/C15H10Cl2N2O3S2/c16-14-7-4-12(10-15(14)17)23(20)19-11-2-5-13(6-3-11)24(21,22)9-1-8-18/h1-7,9-10,19H. The van der Waals surface area contributed by atoms with Crippen LogP contribution in [0.15, 0.2) is 63.7 Å². The van der Waals surface area contributed by atoms with E-state index >= 15 is 0 Å². The van der Waals surface area contributed by atoms with Gasteiger partial charge in [0.15, 0.2) is 0 Å². The highest BCUT2D eigenvalue weighted by Gasteiger charge is 2.11. The van der Waals surface area contributed by atoms with Crippen LogP contribution in [0, 0.1) is 11.3 Å². The number of nitrogens with one attached hydrogen (secondary N) is 1. The number of sulfone groups is 1.